The molecule has 0 radical (unpaired) electrons. The van der Waals surface area contributed by atoms with Crippen molar-refractivity contribution in [3.63, 3.8) is 0 Å². The van der Waals surface area contributed by atoms with Crippen molar-refractivity contribution >= 4 is 41.7 Å². The van der Waals surface area contributed by atoms with Gasteiger partial charge in [0.1, 0.15) is 0 Å². The summed E-state index contributed by atoms with van der Waals surface area (Å²) in [6.45, 7) is 8.00. The first-order valence-corrected chi connectivity index (χ1v) is 11.0. The van der Waals surface area contributed by atoms with Gasteiger partial charge in [-0.3, -0.25) is 4.99 Å². The zero-order valence-corrected chi connectivity index (χ0v) is 18.6. The highest BCUT2D eigenvalue weighted by molar-refractivity contribution is 8.13. The fourth-order valence-electron chi connectivity index (χ4n) is 3.72. The van der Waals surface area contributed by atoms with Crippen LogP contribution in [0.25, 0.3) is 0 Å². The van der Waals surface area contributed by atoms with E-state index in [1.165, 1.54) is 75.9 Å². The molecule has 3 nitrogen and oxygen atoms in total. The van der Waals surface area contributed by atoms with Gasteiger partial charge in [-0.25, -0.2) is 0 Å². The molecule has 2 rings (SSSR count). The predicted molar refractivity (Wildman–Crippen MR) is 119 cm³/mol. The zero-order valence-electron chi connectivity index (χ0n) is 16.2. The molecule has 150 valence electrons. The summed E-state index contributed by atoms with van der Waals surface area (Å²) in [6.07, 6.45) is 13.6. The summed E-state index contributed by atoms with van der Waals surface area (Å²) in [7, 11) is 0. The molecule has 0 aromatic heterocycles. The van der Waals surface area contributed by atoms with Crippen molar-refractivity contribution in [2.24, 2.45) is 4.99 Å². The first kappa shape index (κ1) is 25.4. The summed E-state index contributed by atoms with van der Waals surface area (Å²) in [5, 5.41) is 5.05. The molecular formula is C19H39Cl2N3S. The minimum Gasteiger partial charge on any atom is -0.362 e. The summed E-state index contributed by atoms with van der Waals surface area (Å²) in [5.74, 6) is 1.16. The highest BCUT2D eigenvalue weighted by Crippen LogP contribution is 2.23. The van der Waals surface area contributed by atoms with Crippen LogP contribution in [0, 0.1) is 0 Å². The van der Waals surface area contributed by atoms with E-state index in [1.807, 2.05) is 11.8 Å². The molecule has 0 aliphatic heterocycles. The van der Waals surface area contributed by atoms with Crippen LogP contribution in [0.5, 0.6) is 0 Å². The number of hydrogen-bond donors (Lipinski definition) is 1. The van der Waals surface area contributed by atoms with Crippen LogP contribution in [0.15, 0.2) is 4.99 Å². The molecule has 2 fully saturated rings. The molecule has 0 heterocycles. The van der Waals surface area contributed by atoms with Gasteiger partial charge in [-0.15, -0.1) is 24.8 Å². The first-order chi connectivity index (χ1) is 11.3. The lowest BCUT2D eigenvalue weighted by atomic mass is 9.95. The highest BCUT2D eigenvalue weighted by atomic mass is 35.5. The second-order valence-corrected chi connectivity index (χ2v) is 8.16. The highest BCUT2D eigenvalue weighted by Gasteiger charge is 2.18. The van der Waals surface area contributed by atoms with E-state index < -0.39 is 0 Å². The third kappa shape index (κ3) is 10.3. The lowest BCUT2D eigenvalue weighted by molar-refractivity contribution is 0.324. The Morgan fingerprint density at radius 3 is 2.04 bits per heavy atom. The number of nitrogens with one attached hydrogen (secondary N) is 1. The molecule has 1 N–H and O–H groups in total. The fourth-order valence-corrected chi connectivity index (χ4v) is 4.74. The van der Waals surface area contributed by atoms with E-state index >= 15 is 0 Å². The monoisotopic (exact) mass is 411 g/mol. The van der Waals surface area contributed by atoms with Crippen LogP contribution < -0.4 is 5.32 Å². The van der Waals surface area contributed by atoms with Crippen LogP contribution in [0.2, 0.25) is 0 Å². The Hall–Kier alpha value is 0.360. The lowest BCUT2D eigenvalue weighted by Crippen LogP contribution is -2.36. The van der Waals surface area contributed by atoms with Crippen molar-refractivity contribution in [2.45, 2.75) is 90.1 Å². The number of rotatable bonds is 7. The minimum absolute atomic E-state index is 0. The van der Waals surface area contributed by atoms with Crippen molar-refractivity contribution in [1.82, 2.24) is 10.2 Å². The third-order valence-corrected chi connectivity index (χ3v) is 6.23. The van der Waals surface area contributed by atoms with Gasteiger partial charge >= 0.3 is 0 Å². The summed E-state index contributed by atoms with van der Waals surface area (Å²) in [5.41, 5.74) is 0. The minimum atomic E-state index is 0. The van der Waals surface area contributed by atoms with E-state index in [2.05, 4.69) is 24.1 Å². The molecule has 6 heteroatoms. The van der Waals surface area contributed by atoms with E-state index in [0.29, 0.717) is 12.1 Å². The first-order valence-electron chi connectivity index (χ1n) is 10.0. The van der Waals surface area contributed by atoms with Gasteiger partial charge in [-0.05, 0) is 38.8 Å². The number of nitrogens with zero attached hydrogens (tertiary/aromatic N) is 2. The van der Waals surface area contributed by atoms with E-state index in [9.17, 15) is 0 Å². The SMILES string of the molecule is CCN(CC)CCSC(=NC1CCCCC1)NC1CCCCC1.Cl.Cl. The van der Waals surface area contributed by atoms with Crippen LogP contribution in [0.4, 0.5) is 0 Å². The van der Waals surface area contributed by atoms with Gasteiger partial charge in [0, 0.05) is 18.3 Å². The molecular weight excluding hydrogens is 373 g/mol. The van der Waals surface area contributed by atoms with E-state index in [-0.39, 0.29) is 24.8 Å². The lowest BCUT2D eigenvalue weighted by Gasteiger charge is -2.26. The average molecular weight is 413 g/mol. The van der Waals surface area contributed by atoms with Gasteiger partial charge in [-0.1, -0.05) is 64.1 Å². The zero-order chi connectivity index (χ0) is 16.3. The van der Waals surface area contributed by atoms with E-state index in [4.69, 9.17) is 4.99 Å². The molecule has 2 saturated carbocycles. The predicted octanol–water partition coefficient (Wildman–Crippen LogP) is 5.52. The van der Waals surface area contributed by atoms with Crippen molar-refractivity contribution in [3.05, 3.63) is 0 Å². The summed E-state index contributed by atoms with van der Waals surface area (Å²) in [4.78, 5) is 7.63. The average Bonchev–Trinajstić information content (AvgIpc) is 2.60. The number of halogens is 2. The quantitative estimate of drug-likeness (QED) is 0.441. The van der Waals surface area contributed by atoms with Crippen molar-refractivity contribution in [1.29, 1.82) is 0 Å². The maximum atomic E-state index is 5.13. The Morgan fingerprint density at radius 1 is 0.920 bits per heavy atom. The molecule has 0 spiro atoms. The fraction of sp³-hybridized carbons (Fsp3) is 0.947. The Kier molecular flexibility index (Phi) is 15.6. The molecule has 0 amide bonds. The van der Waals surface area contributed by atoms with Gasteiger partial charge in [0.05, 0.1) is 6.04 Å². The second-order valence-electron chi connectivity index (χ2n) is 7.08. The molecule has 0 bridgehead atoms. The molecule has 0 saturated heterocycles. The van der Waals surface area contributed by atoms with Gasteiger partial charge in [0.2, 0.25) is 0 Å². The van der Waals surface area contributed by atoms with Crippen LogP contribution in [0.1, 0.15) is 78.1 Å². The summed E-state index contributed by atoms with van der Waals surface area (Å²) >= 11 is 1.97. The topological polar surface area (TPSA) is 27.6 Å². The van der Waals surface area contributed by atoms with Gasteiger partial charge in [0.15, 0.2) is 5.17 Å². The summed E-state index contributed by atoms with van der Waals surface area (Å²) < 4.78 is 0. The van der Waals surface area contributed by atoms with Crippen molar-refractivity contribution in [2.75, 3.05) is 25.4 Å². The maximum Gasteiger partial charge on any atom is 0.157 e. The van der Waals surface area contributed by atoms with Crippen LogP contribution in [-0.4, -0.2) is 47.5 Å². The molecule has 2 aliphatic rings. The third-order valence-electron chi connectivity index (χ3n) is 5.35. The molecule has 25 heavy (non-hydrogen) atoms. The molecule has 0 unspecified atom stereocenters. The summed E-state index contributed by atoms with van der Waals surface area (Å²) in [6, 6.07) is 1.25. The largest absolute Gasteiger partial charge is 0.362 e. The Bertz CT molecular complexity index is 340. The van der Waals surface area contributed by atoms with Gasteiger partial charge < -0.3 is 10.2 Å². The van der Waals surface area contributed by atoms with Crippen LogP contribution >= 0.6 is 36.6 Å². The molecule has 2 aliphatic carbocycles. The maximum absolute atomic E-state index is 5.13. The molecule has 0 aromatic rings. The molecule has 0 atom stereocenters. The van der Waals surface area contributed by atoms with E-state index in [1.54, 1.807) is 0 Å². The molecule has 0 aromatic carbocycles. The number of amidine groups is 1. The van der Waals surface area contributed by atoms with Gasteiger partial charge in [0.25, 0.3) is 0 Å². The van der Waals surface area contributed by atoms with Crippen LogP contribution in [-0.2, 0) is 0 Å². The van der Waals surface area contributed by atoms with Crippen molar-refractivity contribution in [3.8, 4) is 0 Å². The number of thioether (sulfide) groups is 1. The number of aliphatic imine (C=N–C) groups is 1. The number of hydrogen-bond acceptors (Lipinski definition) is 3. The van der Waals surface area contributed by atoms with Crippen LogP contribution in [0.3, 0.4) is 0 Å². The van der Waals surface area contributed by atoms with Crippen molar-refractivity contribution < 1.29 is 0 Å². The smallest absolute Gasteiger partial charge is 0.157 e. The second kappa shape index (κ2) is 15.4. The van der Waals surface area contributed by atoms with Gasteiger partial charge in [-0.2, -0.15) is 0 Å². The normalized spacial score (nSPS) is 20.0. The Balaban J connectivity index is 0.00000288. The van der Waals surface area contributed by atoms with E-state index in [0.717, 1.165) is 18.8 Å². The Morgan fingerprint density at radius 2 is 1.48 bits per heavy atom. The Labute approximate surface area is 172 Å². The standard InChI is InChI=1S/C19H37N3S.2ClH/c1-3-22(4-2)15-16-23-19(20-17-11-7-5-8-12-17)21-18-13-9-6-10-14-18;;/h17-18H,3-16H2,1-2H3,(H,20,21);2*1H.